The molecule has 1 aliphatic heterocycles. The van der Waals surface area contributed by atoms with Crippen molar-refractivity contribution in [3.63, 3.8) is 0 Å². The quantitative estimate of drug-likeness (QED) is 0.377. The van der Waals surface area contributed by atoms with Gasteiger partial charge in [0.2, 0.25) is 0 Å². The van der Waals surface area contributed by atoms with Gasteiger partial charge >= 0.3 is 0 Å². The van der Waals surface area contributed by atoms with Gasteiger partial charge in [0.1, 0.15) is 5.75 Å². The lowest BCUT2D eigenvalue weighted by Gasteiger charge is -2.14. The Bertz CT molecular complexity index is 1200. The molecule has 0 radical (unpaired) electrons. The predicted octanol–water partition coefficient (Wildman–Crippen LogP) is 4.34. The van der Waals surface area contributed by atoms with E-state index in [0.717, 1.165) is 31.4 Å². The minimum absolute atomic E-state index is 0.0724. The Hall–Kier alpha value is -3.75. The number of rotatable bonds is 9. The maximum Gasteiger partial charge on any atom is 0.261 e. The van der Waals surface area contributed by atoms with Gasteiger partial charge in [0.05, 0.1) is 18.3 Å². The lowest BCUT2D eigenvalue weighted by atomic mass is 10.1. The summed E-state index contributed by atoms with van der Waals surface area (Å²) in [4.78, 5) is 25.4. The first kappa shape index (κ1) is 25.3. The van der Waals surface area contributed by atoms with Crippen molar-refractivity contribution in [1.82, 2.24) is 10.6 Å². The number of carbonyl (C=O) groups excluding carboxylic acids is 2. The predicted molar refractivity (Wildman–Crippen MR) is 144 cm³/mol. The number of amides is 2. The molecule has 1 saturated heterocycles. The van der Waals surface area contributed by atoms with E-state index < -0.39 is 0 Å². The number of thiocarbonyl (C=S) groups is 1. The largest absolute Gasteiger partial charge is 0.492 e. The van der Waals surface area contributed by atoms with Crippen LogP contribution < -0.4 is 20.7 Å². The van der Waals surface area contributed by atoms with E-state index in [4.69, 9.17) is 21.7 Å². The number of hydrogen-bond acceptors (Lipinski definition) is 5. The van der Waals surface area contributed by atoms with Crippen LogP contribution in [0.3, 0.4) is 0 Å². The third-order valence-corrected chi connectivity index (χ3v) is 5.95. The molecule has 8 heteroatoms. The minimum atomic E-state index is -0.381. The zero-order chi connectivity index (χ0) is 25.2. The summed E-state index contributed by atoms with van der Waals surface area (Å²) in [6, 6.07) is 24.0. The first-order valence-corrected chi connectivity index (χ1v) is 12.4. The van der Waals surface area contributed by atoms with Crippen molar-refractivity contribution in [1.29, 1.82) is 0 Å². The highest BCUT2D eigenvalue weighted by Gasteiger charge is 2.17. The molecule has 0 aromatic heterocycles. The number of nitrogens with one attached hydrogen (secondary N) is 3. The molecule has 0 saturated carbocycles. The van der Waals surface area contributed by atoms with Crippen LogP contribution in [0.4, 0.5) is 5.69 Å². The van der Waals surface area contributed by atoms with Gasteiger partial charge in [0.25, 0.3) is 11.8 Å². The van der Waals surface area contributed by atoms with Gasteiger partial charge in [0, 0.05) is 30.8 Å². The molecule has 0 aliphatic carbocycles. The van der Waals surface area contributed by atoms with Crippen molar-refractivity contribution >= 4 is 34.8 Å². The number of benzene rings is 3. The first-order valence-electron chi connectivity index (χ1n) is 12.0. The van der Waals surface area contributed by atoms with Crippen LogP contribution in [0, 0.1) is 0 Å². The monoisotopic (exact) mass is 503 g/mol. The maximum absolute atomic E-state index is 12.9. The fourth-order valence-electron chi connectivity index (χ4n) is 3.89. The molecule has 3 aromatic rings. The molecule has 1 aliphatic rings. The topological polar surface area (TPSA) is 88.7 Å². The average molecular weight is 504 g/mol. The molecule has 186 valence electrons. The van der Waals surface area contributed by atoms with Crippen molar-refractivity contribution < 1.29 is 19.1 Å². The van der Waals surface area contributed by atoms with Crippen LogP contribution in [-0.2, 0) is 11.2 Å². The van der Waals surface area contributed by atoms with E-state index in [9.17, 15) is 9.59 Å². The first-order chi connectivity index (χ1) is 17.6. The molecule has 4 rings (SSSR count). The lowest BCUT2D eigenvalue weighted by molar-refractivity contribution is 0.0857. The van der Waals surface area contributed by atoms with Crippen molar-refractivity contribution in [2.24, 2.45) is 0 Å². The van der Waals surface area contributed by atoms with E-state index in [1.165, 1.54) is 0 Å². The highest BCUT2D eigenvalue weighted by Crippen LogP contribution is 2.19. The van der Waals surface area contributed by atoms with E-state index in [1.54, 1.807) is 42.5 Å². The lowest BCUT2D eigenvalue weighted by Crippen LogP contribution is -2.34. The van der Waals surface area contributed by atoms with E-state index >= 15 is 0 Å². The summed E-state index contributed by atoms with van der Waals surface area (Å²) < 4.78 is 11.4. The van der Waals surface area contributed by atoms with Gasteiger partial charge < -0.3 is 20.1 Å². The van der Waals surface area contributed by atoms with Crippen LogP contribution in [0.2, 0.25) is 0 Å². The van der Waals surface area contributed by atoms with Crippen LogP contribution in [-0.4, -0.2) is 42.8 Å². The molecule has 3 N–H and O–H groups in total. The van der Waals surface area contributed by atoms with Gasteiger partial charge in [-0.05, 0) is 61.0 Å². The molecular weight excluding hydrogens is 474 g/mol. The Morgan fingerprint density at radius 2 is 1.78 bits per heavy atom. The Kier molecular flexibility index (Phi) is 9.02. The van der Waals surface area contributed by atoms with Gasteiger partial charge in [-0.1, -0.05) is 48.5 Å². The SMILES string of the molecule is O=C(NCC1CCCO1)c1cccc(NC(=S)NC(=O)c2ccccc2OCCc2ccccc2)c1. The normalized spacial score (nSPS) is 14.6. The van der Waals surface area contributed by atoms with Gasteiger partial charge in [-0.15, -0.1) is 0 Å². The molecule has 1 atom stereocenters. The van der Waals surface area contributed by atoms with Gasteiger partial charge in [-0.25, -0.2) is 0 Å². The number of ether oxygens (including phenoxy) is 2. The third kappa shape index (κ3) is 7.37. The van der Waals surface area contributed by atoms with E-state index in [1.807, 2.05) is 36.4 Å². The zero-order valence-electron chi connectivity index (χ0n) is 19.9. The van der Waals surface area contributed by atoms with E-state index in [2.05, 4.69) is 16.0 Å². The van der Waals surface area contributed by atoms with Gasteiger partial charge in [0.15, 0.2) is 5.11 Å². The fraction of sp³-hybridized carbons (Fsp3) is 0.250. The number of anilines is 1. The molecule has 1 unspecified atom stereocenters. The van der Waals surface area contributed by atoms with Crippen LogP contribution in [0.15, 0.2) is 78.9 Å². The second-order valence-corrected chi connectivity index (χ2v) is 8.82. The molecule has 0 bridgehead atoms. The smallest absolute Gasteiger partial charge is 0.261 e. The highest BCUT2D eigenvalue weighted by atomic mass is 32.1. The molecule has 36 heavy (non-hydrogen) atoms. The molecule has 1 fully saturated rings. The van der Waals surface area contributed by atoms with Crippen molar-refractivity contribution in [2.75, 3.05) is 25.1 Å². The van der Waals surface area contributed by atoms with E-state index in [0.29, 0.717) is 35.7 Å². The molecule has 3 aromatic carbocycles. The van der Waals surface area contributed by atoms with Gasteiger partial charge in [-0.3, -0.25) is 14.9 Å². The second kappa shape index (κ2) is 12.8. The van der Waals surface area contributed by atoms with Crippen LogP contribution in [0.1, 0.15) is 39.1 Å². The molecular formula is C28H29N3O4S. The third-order valence-electron chi connectivity index (χ3n) is 5.75. The van der Waals surface area contributed by atoms with Crippen LogP contribution in [0.5, 0.6) is 5.75 Å². The maximum atomic E-state index is 12.9. The van der Waals surface area contributed by atoms with Gasteiger partial charge in [-0.2, -0.15) is 0 Å². The molecule has 1 heterocycles. The summed E-state index contributed by atoms with van der Waals surface area (Å²) in [6.07, 6.45) is 2.78. The summed E-state index contributed by atoms with van der Waals surface area (Å²) in [6.45, 7) is 1.67. The summed E-state index contributed by atoms with van der Waals surface area (Å²) in [5, 5.41) is 8.68. The molecule has 2 amide bonds. The van der Waals surface area contributed by atoms with Crippen molar-refractivity contribution in [2.45, 2.75) is 25.4 Å². The highest BCUT2D eigenvalue weighted by molar-refractivity contribution is 7.80. The summed E-state index contributed by atoms with van der Waals surface area (Å²) in [7, 11) is 0. The summed E-state index contributed by atoms with van der Waals surface area (Å²) in [5.41, 5.74) is 2.63. The summed E-state index contributed by atoms with van der Waals surface area (Å²) >= 11 is 5.34. The standard InChI is InChI=1S/C28H29N3O4S/c32-26(29-19-23-12-7-16-34-23)21-10-6-11-22(18-21)30-28(36)31-27(33)24-13-4-5-14-25(24)35-17-15-20-8-2-1-3-9-20/h1-6,8-11,13-14,18,23H,7,12,15-17,19H2,(H,29,32)(H2,30,31,33,36). The Morgan fingerprint density at radius 1 is 0.972 bits per heavy atom. The Labute approximate surface area is 216 Å². The van der Waals surface area contributed by atoms with Crippen molar-refractivity contribution in [3.05, 3.63) is 95.6 Å². The van der Waals surface area contributed by atoms with Crippen LogP contribution in [0.25, 0.3) is 0 Å². The zero-order valence-corrected chi connectivity index (χ0v) is 20.7. The van der Waals surface area contributed by atoms with E-state index in [-0.39, 0.29) is 23.0 Å². The average Bonchev–Trinajstić information content (AvgIpc) is 3.42. The second-order valence-electron chi connectivity index (χ2n) is 8.41. The van der Waals surface area contributed by atoms with Crippen LogP contribution >= 0.6 is 12.2 Å². The fourth-order valence-corrected chi connectivity index (χ4v) is 4.10. The number of carbonyl (C=O) groups is 2. The molecule has 0 spiro atoms. The Balaban J connectivity index is 1.30. The number of hydrogen-bond donors (Lipinski definition) is 3. The Morgan fingerprint density at radius 3 is 2.58 bits per heavy atom. The number of para-hydroxylation sites is 1. The minimum Gasteiger partial charge on any atom is -0.492 e. The summed E-state index contributed by atoms with van der Waals surface area (Å²) in [5.74, 6) is -0.0856. The molecule has 7 nitrogen and oxygen atoms in total. The van der Waals surface area contributed by atoms with Crippen molar-refractivity contribution in [3.8, 4) is 5.75 Å².